The number of nitro groups is 1. The van der Waals surface area contributed by atoms with Gasteiger partial charge in [0.25, 0.3) is 5.69 Å². The van der Waals surface area contributed by atoms with Crippen LogP contribution in [-0.4, -0.2) is 66.5 Å². The van der Waals surface area contributed by atoms with Gasteiger partial charge in [-0.2, -0.15) is 4.31 Å². The number of aromatic nitrogens is 1. The monoisotopic (exact) mass is 422 g/mol. The van der Waals surface area contributed by atoms with Gasteiger partial charge in [0.05, 0.1) is 29.6 Å². The molecule has 9 nitrogen and oxygen atoms in total. The molecule has 0 N–H and O–H groups in total. The van der Waals surface area contributed by atoms with E-state index < -0.39 is 14.9 Å². The SMILES string of the molecule is Cn1cccc1CN(CCCN1CCOCC1)S(=O)(=O)c1ccc([N+](=O)[O-])cc1. The van der Waals surface area contributed by atoms with Gasteiger partial charge in [-0.05, 0) is 37.2 Å². The normalized spacial score (nSPS) is 15.7. The van der Waals surface area contributed by atoms with Crippen LogP contribution < -0.4 is 0 Å². The number of hydrogen-bond acceptors (Lipinski definition) is 6. The summed E-state index contributed by atoms with van der Waals surface area (Å²) >= 11 is 0. The number of sulfonamides is 1. The lowest BCUT2D eigenvalue weighted by Crippen LogP contribution is -2.39. The summed E-state index contributed by atoms with van der Waals surface area (Å²) in [6, 6.07) is 8.81. The van der Waals surface area contributed by atoms with Gasteiger partial charge < -0.3 is 9.30 Å². The van der Waals surface area contributed by atoms with Crippen molar-refractivity contribution in [2.75, 3.05) is 39.4 Å². The zero-order chi connectivity index (χ0) is 20.9. The average molecular weight is 423 g/mol. The summed E-state index contributed by atoms with van der Waals surface area (Å²) in [5.74, 6) is 0. The fourth-order valence-electron chi connectivity index (χ4n) is 3.31. The summed E-state index contributed by atoms with van der Waals surface area (Å²) < 4.78 is 35.2. The first-order chi connectivity index (χ1) is 13.9. The van der Waals surface area contributed by atoms with Gasteiger partial charge in [-0.15, -0.1) is 0 Å². The Morgan fingerprint density at radius 1 is 1.17 bits per heavy atom. The van der Waals surface area contributed by atoms with Crippen molar-refractivity contribution >= 4 is 15.7 Å². The minimum atomic E-state index is -3.79. The van der Waals surface area contributed by atoms with Gasteiger partial charge in [0, 0.05) is 50.7 Å². The zero-order valence-electron chi connectivity index (χ0n) is 16.4. The molecule has 1 aliphatic heterocycles. The molecule has 0 saturated carbocycles. The van der Waals surface area contributed by atoms with E-state index in [1.165, 1.54) is 28.6 Å². The Morgan fingerprint density at radius 2 is 1.86 bits per heavy atom. The van der Waals surface area contributed by atoms with Crippen LogP contribution in [0.1, 0.15) is 12.1 Å². The molecule has 1 aromatic heterocycles. The lowest BCUT2D eigenvalue weighted by Gasteiger charge is -2.28. The lowest BCUT2D eigenvalue weighted by molar-refractivity contribution is -0.384. The quantitative estimate of drug-likeness (QED) is 0.452. The summed E-state index contributed by atoms with van der Waals surface area (Å²) in [4.78, 5) is 12.7. The molecule has 1 saturated heterocycles. The van der Waals surface area contributed by atoms with Crippen molar-refractivity contribution in [3.05, 3.63) is 58.4 Å². The van der Waals surface area contributed by atoms with Crippen molar-refractivity contribution in [2.24, 2.45) is 7.05 Å². The third-order valence-corrected chi connectivity index (χ3v) is 6.92. The van der Waals surface area contributed by atoms with Gasteiger partial charge in [0.2, 0.25) is 10.0 Å². The Labute approximate surface area is 170 Å². The summed E-state index contributed by atoms with van der Waals surface area (Å²) in [6.45, 7) is 4.51. The van der Waals surface area contributed by atoms with E-state index in [9.17, 15) is 18.5 Å². The average Bonchev–Trinajstić information content (AvgIpc) is 3.12. The molecule has 2 heterocycles. The number of benzene rings is 1. The molecule has 3 rings (SSSR count). The number of aryl methyl sites for hydroxylation is 1. The maximum atomic E-state index is 13.2. The second-order valence-corrected chi connectivity index (χ2v) is 8.95. The van der Waals surface area contributed by atoms with Crippen molar-refractivity contribution in [1.82, 2.24) is 13.8 Å². The number of hydrogen-bond donors (Lipinski definition) is 0. The minimum absolute atomic E-state index is 0.0590. The smallest absolute Gasteiger partial charge is 0.269 e. The third kappa shape index (κ3) is 5.41. The van der Waals surface area contributed by atoms with Crippen LogP contribution in [0.3, 0.4) is 0 Å². The van der Waals surface area contributed by atoms with E-state index in [0.717, 1.165) is 25.3 Å². The predicted molar refractivity (Wildman–Crippen MR) is 108 cm³/mol. The molecular weight excluding hydrogens is 396 g/mol. The molecule has 1 aliphatic rings. The molecule has 0 bridgehead atoms. The van der Waals surface area contributed by atoms with Gasteiger partial charge in [-0.25, -0.2) is 8.42 Å². The van der Waals surface area contributed by atoms with Crippen LogP contribution in [0.25, 0.3) is 0 Å². The fourth-order valence-corrected chi connectivity index (χ4v) is 4.76. The molecule has 29 heavy (non-hydrogen) atoms. The second-order valence-electron chi connectivity index (χ2n) is 7.01. The Balaban J connectivity index is 1.76. The van der Waals surface area contributed by atoms with Crippen LogP contribution >= 0.6 is 0 Å². The second kappa shape index (κ2) is 9.49. The molecule has 10 heteroatoms. The van der Waals surface area contributed by atoms with Crippen molar-refractivity contribution in [3.8, 4) is 0 Å². The Morgan fingerprint density at radius 3 is 2.45 bits per heavy atom. The first-order valence-electron chi connectivity index (χ1n) is 9.53. The number of nitrogens with zero attached hydrogens (tertiary/aromatic N) is 4. The van der Waals surface area contributed by atoms with Gasteiger partial charge in [0.1, 0.15) is 0 Å². The van der Waals surface area contributed by atoms with Crippen LogP contribution in [-0.2, 0) is 28.4 Å². The summed E-state index contributed by atoms with van der Waals surface area (Å²) in [5.41, 5.74) is 0.743. The number of morpholine rings is 1. The molecule has 1 aromatic carbocycles. The van der Waals surface area contributed by atoms with Crippen LogP contribution in [0.15, 0.2) is 47.5 Å². The number of ether oxygens (including phenoxy) is 1. The highest BCUT2D eigenvalue weighted by Gasteiger charge is 2.26. The summed E-state index contributed by atoms with van der Waals surface area (Å²) in [5, 5.41) is 10.9. The molecule has 0 atom stereocenters. The van der Waals surface area contributed by atoms with Gasteiger partial charge >= 0.3 is 0 Å². The minimum Gasteiger partial charge on any atom is -0.379 e. The van der Waals surface area contributed by atoms with E-state index in [1.807, 2.05) is 29.9 Å². The van der Waals surface area contributed by atoms with Crippen LogP contribution in [0.4, 0.5) is 5.69 Å². The van der Waals surface area contributed by atoms with E-state index in [1.54, 1.807) is 0 Å². The predicted octanol–water partition coefficient (Wildman–Crippen LogP) is 1.85. The molecule has 0 amide bonds. The molecule has 0 unspecified atom stereocenters. The molecular formula is C19H26N4O5S. The summed E-state index contributed by atoms with van der Waals surface area (Å²) in [7, 11) is -1.91. The Kier molecular flexibility index (Phi) is 7.01. The molecule has 0 aliphatic carbocycles. The van der Waals surface area contributed by atoms with Crippen molar-refractivity contribution < 1.29 is 18.1 Å². The van der Waals surface area contributed by atoms with E-state index in [4.69, 9.17) is 4.74 Å². The standard InChI is InChI=1S/C19H26N4O5S/c1-20-9-2-4-18(20)16-22(11-3-10-21-12-14-28-15-13-21)29(26,27)19-7-5-17(6-8-19)23(24)25/h2,4-9H,3,10-16H2,1H3. The van der Waals surface area contributed by atoms with Crippen molar-refractivity contribution in [2.45, 2.75) is 17.9 Å². The van der Waals surface area contributed by atoms with Crippen LogP contribution in [0, 0.1) is 10.1 Å². The first kappa shape index (κ1) is 21.4. The van der Waals surface area contributed by atoms with Crippen LogP contribution in [0.5, 0.6) is 0 Å². The maximum absolute atomic E-state index is 13.2. The lowest BCUT2D eigenvalue weighted by atomic mass is 10.3. The highest BCUT2D eigenvalue weighted by Crippen LogP contribution is 2.22. The van der Waals surface area contributed by atoms with Gasteiger partial charge in [-0.1, -0.05) is 0 Å². The van der Waals surface area contributed by atoms with E-state index >= 15 is 0 Å². The Hall–Kier alpha value is -2.27. The summed E-state index contributed by atoms with van der Waals surface area (Å²) in [6.07, 6.45) is 2.57. The fraction of sp³-hybridized carbons (Fsp3) is 0.474. The maximum Gasteiger partial charge on any atom is 0.269 e. The Bertz CT molecular complexity index is 920. The largest absolute Gasteiger partial charge is 0.379 e. The van der Waals surface area contributed by atoms with Gasteiger partial charge in [-0.3, -0.25) is 15.0 Å². The number of rotatable bonds is 9. The molecule has 0 spiro atoms. The molecule has 2 aromatic rings. The highest BCUT2D eigenvalue weighted by atomic mass is 32.2. The third-order valence-electron chi connectivity index (χ3n) is 5.06. The van der Waals surface area contributed by atoms with Gasteiger partial charge in [0.15, 0.2) is 0 Å². The molecule has 1 fully saturated rings. The van der Waals surface area contributed by atoms with Crippen molar-refractivity contribution in [1.29, 1.82) is 0 Å². The highest BCUT2D eigenvalue weighted by molar-refractivity contribution is 7.89. The number of non-ortho nitro benzene ring substituents is 1. The van der Waals surface area contributed by atoms with Crippen molar-refractivity contribution in [3.63, 3.8) is 0 Å². The molecule has 0 radical (unpaired) electrons. The van der Waals surface area contributed by atoms with Crippen LogP contribution in [0.2, 0.25) is 0 Å². The van der Waals surface area contributed by atoms with E-state index in [2.05, 4.69) is 4.90 Å². The van der Waals surface area contributed by atoms with E-state index in [-0.39, 0.29) is 17.1 Å². The topological polar surface area (TPSA) is 97.9 Å². The molecule has 158 valence electrons. The van der Waals surface area contributed by atoms with E-state index in [0.29, 0.717) is 26.2 Å². The zero-order valence-corrected chi connectivity index (χ0v) is 17.3. The first-order valence-corrected chi connectivity index (χ1v) is 11.0. The number of nitro benzene ring substituents is 1.